The summed E-state index contributed by atoms with van der Waals surface area (Å²) in [6.07, 6.45) is 5.74. The normalized spacial score (nSPS) is 18.6. The Bertz CT molecular complexity index is 1040. The Balaban J connectivity index is 1.96. The number of piperidine rings is 1. The molecule has 2 aliphatic rings. The zero-order valence-corrected chi connectivity index (χ0v) is 17.4. The first kappa shape index (κ1) is 19.2. The van der Waals surface area contributed by atoms with E-state index in [9.17, 15) is 4.79 Å². The highest BCUT2D eigenvalue weighted by atomic mass is 35.5. The maximum absolute atomic E-state index is 12.8. The van der Waals surface area contributed by atoms with Crippen LogP contribution in [0.15, 0.2) is 35.6 Å². The predicted octanol–water partition coefficient (Wildman–Crippen LogP) is 4.58. The van der Waals surface area contributed by atoms with Crippen LogP contribution in [0.1, 0.15) is 67.7 Å². The molecule has 2 aliphatic heterocycles. The number of rotatable bonds is 3. The number of hydrogen-bond donors (Lipinski definition) is 1. The lowest BCUT2D eigenvalue weighted by molar-refractivity contribution is 0.460. The van der Waals surface area contributed by atoms with Crippen molar-refractivity contribution in [2.24, 2.45) is 0 Å². The predicted molar refractivity (Wildman–Crippen MR) is 116 cm³/mol. The quantitative estimate of drug-likeness (QED) is 0.827. The second kappa shape index (κ2) is 7.02. The molecule has 0 radical (unpaired) electrons. The van der Waals surface area contributed by atoms with Crippen molar-refractivity contribution < 1.29 is 0 Å². The molecule has 0 unspecified atom stereocenters. The summed E-state index contributed by atoms with van der Waals surface area (Å²) in [6.45, 7) is 12.2. The second-order valence-electron chi connectivity index (χ2n) is 8.10. The summed E-state index contributed by atoms with van der Waals surface area (Å²) in [5.74, 6) is 1.32. The Labute approximate surface area is 171 Å². The number of fused-ring (bicyclic) bond motifs is 3. The Morgan fingerprint density at radius 3 is 2.71 bits per heavy atom. The van der Waals surface area contributed by atoms with Gasteiger partial charge < -0.3 is 5.32 Å². The third kappa shape index (κ3) is 2.78. The van der Waals surface area contributed by atoms with E-state index < -0.39 is 0 Å². The fraction of sp³-hybridized carbons (Fsp3) is 0.391. The maximum atomic E-state index is 12.8. The third-order valence-electron chi connectivity index (χ3n) is 6.12. The van der Waals surface area contributed by atoms with E-state index in [-0.39, 0.29) is 11.0 Å². The SMILES string of the molecule is C=Cc1c(/C(Cl)=C\C)c(=O)nc2n1-c1ccc(C3CCNCC3)cc1C2(C)C. The van der Waals surface area contributed by atoms with Crippen LogP contribution in [0.4, 0.5) is 0 Å². The minimum absolute atomic E-state index is 0.302. The van der Waals surface area contributed by atoms with Crippen molar-refractivity contribution >= 4 is 22.7 Å². The molecular weight excluding hydrogens is 370 g/mol. The summed E-state index contributed by atoms with van der Waals surface area (Å²) >= 11 is 6.36. The molecule has 0 aliphatic carbocycles. The van der Waals surface area contributed by atoms with Crippen molar-refractivity contribution in [2.75, 3.05) is 13.1 Å². The lowest BCUT2D eigenvalue weighted by atomic mass is 9.82. The van der Waals surface area contributed by atoms with Crippen LogP contribution in [0.3, 0.4) is 0 Å². The summed E-state index contributed by atoms with van der Waals surface area (Å²) in [5.41, 5.74) is 4.08. The third-order valence-corrected chi connectivity index (χ3v) is 6.53. The summed E-state index contributed by atoms with van der Waals surface area (Å²) < 4.78 is 2.05. The van der Waals surface area contributed by atoms with Gasteiger partial charge in [-0.25, -0.2) is 0 Å². The smallest absolute Gasteiger partial charge is 0.282 e. The van der Waals surface area contributed by atoms with Crippen LogP contribution >= 0.6 is 11.6 Å². The lowest BCUT2D eigenvalue weighted by Gasteiger charge is -2.25. The molecule has 146 valence electrons. The summed E-state index contributed by atoms with van der Waals surface area (Å²) in [4.78, 5) is 17.3. The van der Waals surface area contributed by atoms with Gasteiger partial charge in [0.15, 0.2) is 0 Å². The number of allylic oxidation sites excluding steroid dienone is 1. The molecule has 1 aromatic heterocycles. The molecule has 4 nitrogen and oxygen atoms in total. The molecule has 1 N–H and O–H groups in total. The number of nitrogens with one attached hydrogen (secondary N) is 1. The molecule has 0 saturated carbocycles. The molecule has 0 spiro atoms. The van der Waals surface area contributed by atoms with Crippen molar-refractivity contribution in [3.05, 3.63) is 69.4 Å². The van der Waals surface area contributed by atoms with Gasteiger partial charge in [0, 0.05) is 0 Å². The lowest BCUT2D eigenvalue weighted by Crippen LogP contribution is -2.27. The number of halogens is 1. The van der Waals surface area contributed by atoms with Crippen LogP contribution < -0.4 is 10.9 Å². The molecule has 1 saturated heterocycles. The highest BCUT2D eigenvalue weighted by Gasteiger charge is 2.39. The van der Waals surface area contributed by atoms with Gasteiger partial charge in [-0.05, 0) is 75.9 Å². The minimum atomic E-state index is -0.365. The molecule has 28 heavy (non-hydrogen) atoms. The average Bonchev–Trinajstić information content (AvgIpc) is 2.93. The molecule has 5 heteroatoms. The highest BCUT2D eigenvalue weighted by Crippen LogP contribution is 2.44. The first-order chi connectivity index (χ1) is 13.4. The standard InChI is InChI=1S/C23H26ClN3O/c1-5-17(24)20-18(6-2)27-19-8-7-15(14-9-11-25-12-10-14)13-16(19)23(3,4)22(27)26-21(20)28/h5-8,13-14,25H,2,9-12H2,1,3-4H3/b17-5+. The van der Waals surface area contributed by atoms with Crippen molar-refractivity contribution in [3.63, 3.8) is 0 Å². The minimum Gasteiger partial charge on any atom is -0.317 e. The van der Waals surface area contributed by atoms with Crippen molar-refractivity contribution in [1.82, 2.24) is 14.9 Å². The Hall–Kier alpha value is -2.17. The number of benzene rings is 1. The number of aromatic nitrogens is 2. The number of nitrogens with zero attached hydrogens (tertiary/aromatic N) is 2. The van der Waals surface area contributed by atoms with Gasteiger partial charge in [-0.1, -0.05) is 36.4 Å². The molecule has 1 fully saturated rings. The van der Waals surface area contributed by atoms with E-state index in [1.807, 2.05) is 6.92 Å². The van der Waals surface area contributed by atoms with Gasteiger partial charge in [0.1, 0.15) is 5.82 Å². The van der Waals surface area contributed by atoms with Crippen LogP contribution in [0, 0.1) is 0 Å². The van der Waals surface area contributed by atoms with Crippen LogP contribution in [-0.2, 0) is 5.41 Å². The topological polar surface area (TPSA) is 46.9 Å². The summed E-state index contributed by atoms with van der Waals surface area (Å²) in [6, 6.07) is 6.70. The van der Waals surface area contributed by atoms with Gasteiger partial charge in [-0.15, -0.1) is 0 Å². The Morgan fingerprint density at radius 2 is 2.07 bits per heavy atom. The highest BCUT2D eigenvalue weighted by molar-refractivity contribution is 6.48. The van der Waals surface area contributed by atoms with Crippen molar-refractivity contribution in [1.29, 1.82) is 0 Å². The van der Waals surface area contributed by atoms with Gasteiger partial charge in [0.25, 0.3) is 5.56 Å². The van der Waals surface area contributed by atoms with Gasteiger partial charge in [0.05, 0.1) is 27.4 Å². The zero-order chi connectivity index (χ0) is 20.1. The monoisotopic (exact) mass is 395 g/mol. The first-order valence-electron chi connectivity index (χ1n) is 9.87. The fourth-order valence-corrected chi connectivity index (χ4v) is 4.72. The van der Waals surface area contributed by atoms with E-state index >= 15 is 0 Å². The van der Waals surface area contributed by atoms with Crippen molar-refractivity contribution in [3.8, 4) is 5.69 Å². The van der Waals surface area contributed by atoms with Crippen LogP contribution in [0.25, 0.3) is 16.8 Å². The molecule has 1 aromatic carbocycles. The molecular formula is C23H26ClN3O. The van der Waals surface area contributed by atoms with Gasteiger partial charge in [0.2, 0.25) is 0 Å². The average molecular weight is 396 g/mol. The molecule has 0 amide bonds. The van der Waals surface area contributed by atoms with E-state index in [0.29, 0.717) is 22.2 Å². The van der Waals surface area contributed by atoms with Crippen LogP contribution in [-0.4, -0.2) is 22.6 Å². The zero-order valence-electron chi connectivity index (χ0n) is 16.7. The van der Waals surface area contributed by atoms with Crippen LogP contribution in [0.5, 0.6) is 0 Å². The Morgan fingerprint density at radius 1 is 1.36 bits per heavy atom. The van der Waals surface area contributed by atoms with Gasteiger partial charge in [-0.3, -0.25) is 9.36 Å². The Kier molecular flexibility index (Phi) is 4.80. The maximum Gasteiger partial charge on any atom is 0.282 e. The fourth-order valence-electron chi connectivity index (χ4n) is 4.54. The van der Waals surface area contributed by atoms with E-state index in [2.05, 4.69) is 53.5 Å². The first-order valence-corrected chi connectivity index (χ1v) is 10.3. The van der Waals surface area contributed by atoms with E-state index in [1.165, 1.54) is 11.1 Å². The number of hydrogen-bond acceptors (Lipinski definition) is 3. The van der Waals surface area contributed by atoms with Gasteiger partial charge >= 0.3 is 0 Å². The van der Waals surface area contributed by atoms with E-state index in [0.717, 1.165) is 37.4 Å². The van der Waals surface area contributed by atoms with Crippen LogP contribution in [0.2, 0.25) is 0 Å². The summed E-state index contributed by atoms with van der Waals surface area (Å²) in [7, 11) is 0. The second-order valence-corrected chi connectivity index (χ2v) is 8.51. The van der Waals surface area contributed by atoms with Crippen molar-refractivity contribution in [2.45, 2.75) is 44.9 Å². The molecule has 4 rings (SSSR count). The molecule has 2 aromatic rings. The molecule has 0 atom stereocenters. The van der Waals surface area contributed by atoms with E-state index in [1.54, 1.807) is 12.2 Å². The van der Waals surface area contributed by atoms with E-state index in [4.69, 9.17) is 11.6 Å². The summed E-state index contributed by atoms with van der Waals surface area (Å²) in [5, 5.41) is 3.84. The molecule has 0 bridgehead atoms. The largest absolute Gasteiger partial charge is 0.317 e. The van der Waals surface area contributed by atoms with Gasteiger partial charge in [-0.2, -0.15) is 4.98 Å². The molecule has 3 heterocycles.